The smallest absolute Gasteiger partial charge is 0.272 e. The predicted octanol–water partition coefficient (Wildman–Crippen LogP) is 3.19. The number of carbonyl (C=O) groups is 1. The van der Waals surface area contributed by atoms with E-state index in [-0.39, 0.29) is 11.4 Å². The number of rotatable bonds is 2. The highest BCUT2D eigenvalue weighted by Crippen LogP contribution is 2.55. The molecule has 0 aliphatic heterocycles. The molecule has 6 heteroatoms. The van der Waals surface area contributed by atoms with E-state index >= 15 is 0 Å². The van der Waals surface area contributed by atoms with Crippen LogP contribution in [0.3, 0.4) is 0 Å². The maximum absolute atomic E-state index is 12.8. The molecule has 1 N–H and O–H groups in total. The number of hydrogen-bond donors (Lipinski definition) is 1. The first-order valence-corrected chi connectivity index (χ1v) is 9.21. The van der Waals surface area contributed by atoms with Gasteiger partial charge in [0.15, 0.2) is 11.3 Å². The van der Waals surface area contributed by atoms with Crippen molar-refractivity contribution in [1.29, 1.82) is 0 Å². The summed E-state index contributed by atoms with van der Waals surface area (Å²) in [5, 5.41) is 7.75. The first kappa shape index (κ1) is 14.0. The van der Waals surface area contributed by atoms with Crippen LogP contribution in [0.4, 0.5) is 0 Å². The van der Waals surface area contributed by atoms with E-state index in [2.05, 4.69) is 31.3 Å². The summed E-state index contributed by atoms with van der Waals surface area (Å²) >= 11 is 3.38. The summed E-state index contributed by atoms with van der Waals surface area (Å²) in [6, 6.07) is 1.77. The van der Waals surface area contributed by atoms with E-state index in [1.54, 1.807) is 16.8 Å². The van der Waals surface area contributed by atoms with Crippen molar-refractivity contribution in [2.45, 2.75) is 44.1 Å². The van der Waals surface area contributed by atoms with Crippen LogP contribution in [0, 0.1) is 17.8 Å². The van der Waals surface area contributed by atoms with Crippen molar-refractivity contribution < 1.29 is 4.79 Å². The minimum Gasteiger partial charge on any atom is -0.345 e. The van der Waals surface area contributed by atoms with E-state index < -0.39 is 0 Å². The Kier molecular flexibility index (Phi) is 2.90. The molecule has 4 saturated carbocycles. The lowest BCUT2D eigenvalue weighted by Crippen LogP contribution is -2.59. The maximum Gasteiger partial charge on any atom is 0.272 e. The summed E-state index contributed by atoms with van der Waals surface area (Å²) < 4.78 is 2.50. The molecule has 23 heavy (non-hydrogen) atoms. The van der Waals surface area contributed by atoms with Gasteiger partial charge in [0, 0.05) is 24.0 Å². The number of halogens is 1. The van der Waals surface area contributed by atoms with Crippen molar-refractivity contribution in [2.24, 2.45) is 17.8 Å². The van der Waals surface area contributed by atoms with Crippen LogP contribution < -0.4 is 5.32 Å². The molecule has 5 nitrogen and oxygen atoms in total. The molecule has 0 unspecified atom stereocenters. The molecule has 4 bridgehead atoms. The highest BCUT2D eigenvalue weighted by molar-refractivity contribution is 9.10. The number of aromatic nitrogens is 3. The largest absolute Gasteiger partial charge is 0.345 e. The molecule has 2 heterocycles. The molecule has 2 aromatic rings. The number of fused-ring (bicyclic) bond motifs is 1. The lowest BCUT2D eigenvalue weighted by molar-refractivity contribution is -0.0167. The second kappa shape index (κ2) is 4.79. The number of nitrogens with zero attached hydrogens (tertiary/aromatic N) is 3. The van der Waals surface area contributed by atoms with E-state index in [4.69, 9.17) is 0 Å². The zero-order valence-electron chi connectivity index (χ0n) is 12.8. The Morgan fingerprint density at radius 1 is 1.22 bits per heavy atom. The minimum absolute atomic E-state index is 0.0235. The fraction of sp³-hybridized carbons (Fsp3) is 0.588. The van der Waals surface area contributed by atoms with Crippen LogP contribution in [0.5, 0.6) is 0 Å². The van der Waals surface area contributed by atoms with Crippen LogP contribution in [0.25, 0.3) is 5.65 Å². The molecule has 2 aromatic heterocycles. The second-order valence-corrected chi connectivity index (χ2v) is 8.67. The van der Waals surface area contributed by atoms with Crippen molar-refractivity contribution in [3.05, 3.63) is 28.6 Å². The average molecular weight is 375 g/mol. The second-order valence-electron chi connectivity index (χ2n) is 7.76. The van der Waals surface area contributed by atoms with Crippen molar-refractivity contribution >= 4 is 27.5 Å². The van der Waals surface area contributed by atoms with Crippen LogP contribution in [0.1, 0.15) is 49.0 Å². The van der Waals surface area contributed by atoms with E-state index in [1.807, 2.05) is 6.20 Å². The van der Waals surface area contributed by atoms with Gasteiger partial charge < -0.3 is 5.32 Å². The Labute approximate surface area is 143 Å². The minimum atomic E-state index is -0.0476. The fourth-order valence-electron chi connectivity index (χ4n) is 5.53. The van der Waals surface area contributed by atoms with Gasteiger partial charge in [-0.15, -0.1) is 0 Å². The lowest BCUT2D eigenvalue weighted by Gasteiger charge is -2.56. The fourth-order valence-corrected chi connectivity index (χ4v) is 5.83. The average Bonchev–Trinajstić information content (AvgIpc) is 2.88. The Balaban J connectivity index is 1.42. The standard InChI is InChI=1S/C17H19BrN4O/c18-13-8-19-15-4-14(21-22(15)9-13)16(23)20-17-5-10-1-11(6-17)3-12(2-10)7-17/h4,8-12H,1-3,5-7H2,(H,20,23). The summed E-state index contributed by atoms with van der Waals surface area (Å²) in [6.45, 7) is 0. The molecule has 4 aliphatic carbocycles. The number of amides is 1. The van der Waals surface area contributed by atoms with E-state index in [9.17, 15) is 4.79 Å². The van der Waals surface area contributed by atoms with Crippen molar-refractivity contribution in [3.63, 3.8) is 0 Å². The molecular weight excluding hydrogens is 356 g/mol. The molecule has 1 amide bonds. The molecule has 0 saturated heterocycles. The molecule has 6 rings (SSSR count). The first-order chi connectivity index (χ1) is 11.1. The summed E-state index contributed by atoms with van der Waals surface area (Å²) in [5.41, 5.74) is 1.19. The number of nitrogens with one attached hydrogen (secondary N) is 1. The van der Waals surface area contributed by atoms with Crippen LogP contribution in [-0.4, -0.2) is 26.0 Å². The van der Waals surface area contributed by atoms with E-state index in [0.29, 0.717) is 11.3 Å². The maximum atomic E-state index is 12.8. The third kappa shape index (κ3) is 2.30. The van der Waals surface area contributed by atoms with Gasteiger partial charge in [-0.25, -0.2) is 9.50 Å². The summed E-state index contributed by atoms with van der Waals surface area (Å²) in [6.07, 6.45) is 11.1. The summed E-state index contributed by atoms with van der Waals surface area (Å²) in [7, 11) is 0. The van der Waals surface area contributed by atoms with Crippen molar-refractivity contribution in [3.8, 4) is 0 Å². The van der Waals surface area contributed by atoms with Gasteiger partial charge in [0.25, 0.3) is 5.91 Å². The molecule has 0 aromatic carbocycles. The quantitative estimate of drug-likeness (QED) is 0.877. The van der Waals surface area contributed by atoms with Crippen molar-refractivity contribution in [2.75, 3.05) is 0 Å². The van der Waals surface area contributed by atoms with Gasteiger partial charge in [-0.05, 0) is 72.2 Å². The van der Waals surface area contributed by atoms with Gasteiger partial charge in [-0.3, -0.25) is 4.79 Å². The van der Waals surface area contributed by atoms with E-state index in [0.717, 1.165) is 41.5 Å². The lowest BCUT2D eigenvalue weighted by atomic mass is 9.53. The van der Waals surface area contributed by atoms with E-state index in [1.165, 1.54) is 19.3 Å². The van der Waals surface area contributed by atoms with Crippen LogP contribution in [-0.2, 0) is 0 Å². The van der Waals surface area contributed by atoms with Crippen LogP contribution in [0.15, 0.2) is 22.9 Å². The topological polar surface area (TPSA) is 59.3 Å². The van der Waals surface area contributed by atoms with Gasteiger partial charge in [0.1, 0.15) is 0 Å². The Morgan fingerprint density at radius 2 is 1.87 bits per heavy atom. The molecule has 0 atom stereocenters. The Bertz CT molecular complexity index is 764. The highest BCUT2D eigenvalue weighted by Gasteiger charge is 2.51. The zero-order valence-corrected chi connectivity index (χ0v) is 14.4. The SMILES string of the molecule is O=C(NC12CC3CC(CC(C3)C1)C2)c1cc2ncc(Br)cn2n1. The summed E-state index contributed by atoms with van der Waals surface area (Å²) in [4.78, 5) is 17.0. The Morgan fingerprint density at radius 3 is 2.52 bits per heavy atom. The molecule has 4 aliphatic rings. The number of carbonyl (C=O) groups excluding carboxylic acids is 1. The van der Waals surface area contributed by atoms with Gasteiger partial charge in [0.05, 0.1) is 4.47 Å². The van der Waals surface area contributed by atoms with Crippen LogP contribution >= 0.6 is 15.9 Å². The van der Waals surface area contributed by atoms with Gasteiger partial charge >= 0.3 is 0 Å². The predicted molar refractivity (Wildman–Crippen MR) is 89.1 cm³/mol. The molecule has 0 spiro atoms. The normalized spacial score (nSPS) is 34.9. The summed E-state index contributed by atoms with van der Waals surface area (Å²) in [5.74, 6) is 2.41. The molecule has 4 fully saturated rings. The highest BCUT2D eigenvalue weighted by atomic mass is 79.9. The third-order valence-electron chi connectivity index (χ3n) is 5.93. The molecule has 120 valence electrons. The van der Waals surface area contributed by atoms with Crippen molar-refractivity contribution in [1.82, 2.24) is 19.9 Å². The van der Waals surface area contributed by atoms with Gasteiger partial charge in [-0.2, -0.15) is 5.10 Å². The monoisotopic (exact) mass is 374 g/mol. The molecule has 0 radical (unpaired) electrons. The number of hydrogen-bond acceptors (Lipinski definition) is 3. The Hall–Kier alpha value is -1.43. The third-order valence-corrected chi connectivity index (χ3v) is 6.34. The van der Waals surface area contributed by atoms with Crippen LogP contribution in [0.2, 0.25) is 0 Å². The van der Waals surface area contributed by atoms with Gasteiger partial charge in [0.2, 0.25) is 0 Å². The zero-order chi connectivity index (χ0) is 15.6. The van der Waals surface area contributed by atoms with Gasteiger partial charge in [-0.1, -0.05) is 0 Å². The molecular formula is C17H19BrN4O. The first-order valence-electron chi connectivity index (χ1n) is 8.42.